The molecule has 2 aliphatic carbocycles. The van der Waals surface area contributed by atoms with Gasteiger partial charge in [-0.15, -0.1) is 0 Å². The summed E-state index contributed by atoms with van der Waals surface area (Å²) in [5, 5.41) is 4.97. The molecule has 0 aliphatic heterocycles. The van der Waals surface area contributed by atoms with E-state index >= 15 is 0 Å². The average Bonchev–Trinajstić information content (AvgIpc) is 3.68. The predicted molar refractivity (Wildman–Crippen MR) is 270 cm³/mol. The molecule has 2 atom stereocenters. The minimum Gasteiger partial charge on any atom is -0.310 e. The van der Waals surface area contributed by atoms with Gasteiger partial charge in [-0.2, -0.15) is 0 Å². The Labute approximate surface area is 375 Å². The van der Waals surface area contributed by atoms with E-state index in [9.17, 15) is 0 Å². The highest BCUT2D eigenvalue weighted by atomic mass is 15.1. The minimum absolute atomic E-state index is 0.261. The van der Waals surface area contributed by atoms with Crippen LogP contribution in [0.2, 0.25) is 0 Å². The molecule has 302 valence electrons. The first-order valence-electron chi connectivity index (χ1n) is 22.4. The Hall–Kier alpha value is -8.00. The molecule has 0 saturated carbocycles. The van der Waals surface area contributed by atoms with E-state index in [4.69, 9.17) is 0 Å². The second-order valence-corrected chi connectivity index (χ2v) is 17.2. The molecule has 10 aromatic rings. The van der Waals surface area contributed by atoms with Crippen molar-refractivity contribution in [2.45, 2.75) is 11.3 Å². The van der Waals surface area contributed by atoms with Crippen LogP contribution in [-0.2, 0) is 5.41 Å². The van der Waals surface area contributed by atoms with Crippen LogP contribution in [0.15, 0.2) is 261 Å². The maximum absolute atomic E-state index is 2.49. The van der Waals surface area contributed by atoms with Gasteiger partial charge in [0.15, 0.2) is 0 Å². The van der Waals surface area contributed by atoms with E-state index in [1.54, 1.807) is 0 Å². The van der Waals surface area contributed by atoms with E-state index < -0.39 is 0 Å². The molecule has 0 radical (unpaired) electrons. The lowest BCUT2D eigenvalue weighted by Gasteiger charge is -2.39. The first-order valence-corrected chi connectivity index (χ1v) is 22.4. The smallest absolute Gasteiger partial charge is 0.0525 e. The van der Waals surface area contributed by atoms with Crippen molar-refractivity contribution < 1.29 is 0 Å². The van der Waals surface area contributed by atoms with Crippen molar-refractivity contribution in [2.75, 3.05) is 4.90 Å². The minimum atomic E-state index is -0.334. The Morgan fingerprint density at radius 1 is 0.344 bits per heavy atom. The van der Waals surface area contributed by atoms with E-state index in [1.807, 2.05) is 0 Å². The molecule has 0 saturated heterocycles. The Balaban J connectivity index is 1.02. The lowest BCUT2D eigenvalue weighted by Crippen LogP contribution is -2.35. The van der Waals surface area contributed by atoms with Crippen LogP contribution in [-0.4, -0.2) is 0 Å². The van der Waals surface area contributed by atoms with Crippen LogP contribution in [0.4, 0.5) is 17.1 Å². The zero-order chi connectivity index (χ0) is 42.5. The molecule has 1 nitrogen and oxygen atoms in total. The van der Waals surface area contributed by atoms with E-state index in [0.717, 1.165) is 17.1 Å². The van der Waals surface area contributed by atoms with Gasteiger partial charge in [0.2, 0.25) is 0 Å². The predicted octanol–water partition coefficient (Wildman–Crippen LogP) is 16.6. The normalized spacial score (nSPS) is 15.8. The molecule has 64 heavy (non-hydrogen) atoms. The Bertz CT molecular complexity index is 3330. The van der Waals surface area contributed by atoms with Gasteiger partial charge >= 0.3 is 0 Å². The van der Waals surface area contributed by atoms with Gasteiger partial charge < -0.3 is 4.90 Å². The maximum Gasteiger partial charge on any atom is 0.0525 e. The van der Waals surface area contributed by atoms with Crippen molar-refractivity contribution in [3.8, 4) is 33.4 Å². The molecule has 0 aromatic heterocycles. The molecule has 2 aliphatic rings. The van der Waals surface area contributed by atoms with E-state index in [1.165, 1.54) is 77.2 Å². The van der Waals surface area contributed by atoms with Gasteiger partial charge in [-0.25, -0.2) is 0 Å². The van der Waals surface area contributed by atoms with E-state index in [0.29, 0.717) is 5.92 Å². The van der Waals surface area contributed by atoms with Gasteiger partial charge in [0.25, 0.3) is 0 Å². The van der Waals surface area contributed by atoms with Gasteiger partial charge in [0, 0.05) is 28.9 Å². The van der Waals surface area contributed by atoms with Crippen molar-refractivity contribution in [3.63, 3.8) is 0 Å². The summed E-state index contributed by atoms with van der Waals surface area (Å²) >= 11 is 0. The zero-order valence-corrected chi connectivity index (χ0v) is 35.4. The maximum atomic E-state index is 2.49. The number of rotatable bonds is 8. The van der Waals surface area contributed by atoms with Crippen molar-refractivity contribution in [1.82, 2.24) is 0 Å². The summed E-state index contributed by atoms with van der Waals surface area (Å²) in [6.07, 6.45) is 9.32. The SMILES string of the molecule is C1=CC2c3ccc(-c4ccc(N(c5ccc(-c6ccccc6)c(-c6ccccc6)c5)c5ccc6ccc7ccccc7c6c5)cc4)cc3C(c3ccccc3)(c3ccccc3)C2C=C1. The molecule has 10 aromatic carbocycles. The van der Waals surface area contributed by atoms with Crippen LogP contribution < -0.4 is 4.90 Å². The fraction of sp³-hybridized carbons (Fsp3) is 0.0476. The van der Waals surface area contributed by atoms with Crippen LogP contribution in [0.3, 0.4) is 0 Å². The van der Waals surface area contributed by atoms with Crippen molar-refractivity contribution in [2.24, 2.45) is 5.92 Å². The summed E-state index contributed by atoms with van der Waals surface area (Å²) in [6.45, 7) is 0. The molecule has 12 rings (SSSR count). The average molecular weight is 816 g/mol. The highest BCUT2D eigenvalue weighted by molar-refractivity contribution is 6.09. The van der Waals surface area contributed by atoms with Crippen LogP contribution in [0.25, 0.3) is 54.9 Å². The number of benzene rings is 10. The van der Waals surface area contributed by atoms with Crippen molar-refractivity contribution >= 4 is 38.6 Å². The second kappa shape index (κ2) is 15.7. The highest BCUT2D eigenvalue weighted by Gasteiger charge is 2.52. The fourth-order valence-corrected chi connectivity index (χ4v) is 10.9. The quantitative estimate of drug-likeness (QED) is 0.138. The first-order chi connectivity index (χ1) is 31.7. The third kappa shape index (κ3) is 6.23. The van der Waals surface area contributed by atoms with Crippen LogP contribution >= 0.6 is 0 Å². The topological polar surface area (TPSA) is 3.24 Å². The first kappa shape index (κ1) is 37.7. The molecule has 0 heterocycles. The lowest BCUT2D eigenvalue weighted by atomic mass is 9.63. The van der Waals surface area contributed by atoms with Gasteiger partial charge in [0.05, 0.1) is 5.41 Å². The molecular weight excluding hydrogens is 771 g/mol. The summed E-state index contributed by atoms with van der Waals surface area (Å²) < 4.78 is 0. The number of anilines is 3. The highest BCUT2D eigenvalue weighted by Crippen LogP contribution is 2.60. The van der Waals surface area contributed by atoms with Gasteiger partial charge in [0.1, 0.15) is 0 Å². The van der Waals surface area contributed by atoms with Gasteiger partial charge in [-0.05, 0) is 120 Å². The summed E-state index contributed by atoms with van der Waals surface area (Å²) in [6, 6.07) is 87.4. The van der Waals surface area contributed by atoms with Gasteiger partial charge in [-0.1, -0.05) is 218 Å². The summed E-state index contributed by atoms with van der Waals surface area (Å²) in [5.74, 6) is 0.551. The molecule has 0 fully saturated rings. The summed E-state index contributed by atoms with van der Waals surface area (Å²) in [5.41, 5.74) is 15.6. The molecule has 1 heteroatoms. The largest absolute Gasteiger partial charge is 0.310 e. The molecule has 0 bridgehead atoms. The van der Waals surface area contributed by atoms with E-state index in [-0.39, 0.29) is 11.3 Å². The fourth-order valence-electron chi connectivity index (χ4n) is 10.9. The van der Waals surface area contributed by atoms with E-state index in [2.05, 4.69) is 266 Å². The van der Waals surface area contributed by atoms with Crippen molar-refractivity contribution in [3.05, 3.63) is 283 Å². The van der Waals surface area contributed by atoms with Crippen LogP contribution in [0.5, 0.6) is 0 Å². The van der Waals surface area contributed by atoms with Crippen LogP contribution in [0.1, 0.15) is 28.2 Å². The molecule has 0 N–H and O–H groups in total. The molecular formula is C63H45N. The molecule has 0 amide bonds. The monoisotopic (exact) mass is 815 g/mol. The van der Waals surface area contributed by atoms with Crippen LogP contribution in [0, 0.1) is 5.92 Å². The lowest BCUT2D eigenvalue weighted by molar-refractivity contribution is 0.457. The third-order valence-corrected chi connectivity index (χ3v) is 13.8. The number of nitrogens with zero attached hydrogens (tertiary/aromatic N) is 1. The standard InChI is InChI=1S/C63H45N/c1-5-17-45(18-6-1)56-40-38-54(43-59(56)46-19-7-2-8-20-46)64(53-37-33-48-30-29-47-21-13-14-26-55(47)60(48)42-53)52-35-31-44(32-36-52)49-34-39-58-57-27-15-16-28-61(57)63(62(58)41-49,50-22-9-3-10-23-50)51-24-11-4-12-25-51/h1-43,57,61H. The van der Waals surface area contributed by atoms with Gasteiger partial charge in [-0.3, -0.25) is 0 Å². The molecule has 0 spiro atoms. The zero-order valence-electron chi connectivity index (χ0n) is 35.4. The third-order valence-electron chi connectivity index (χ3n) is 13.8. The number of hydrogen-bond donors (Lipinski definition) is 0. The molecule has 2 unspecified atom stereocenters. The summed E-state index contributed by atoms with van der Waals surface area (Å²) in [4.78, 5) is 2.42. The number of fused-ring (bicyclic) bond motifs is 6. The second-order valence-electron chi connectivity index (χ2n) is 17.2. The Morgan fingerprint density at radius 2 is 0.875 bits per heavy atom. The number of allylic oxidation sites excluding steroid dienone is 4. The van der Waals surface area contributed by atoms with Crippen molar-refractivity contribution in [1.29, 1.82) is 0 Å². The Morgan fingerprint density at radius 3 is 1.58 bits per heavy atom. The Kier molecular flexibility index (Phi) is 9.27. The summed E-state index contributed by atoms with van der Waals surface area (Å²) in [7, 11) is 0. The number of hydrogen-bond acceptors (Lipinski definition) is 1.